The first kappa shape index (κ1) is 21.6. The molecule has 1 amide bonds. The second-order valence-corrected chi connectivity index (χ2v) is 6.50. The SMILES string of the molecule is C=CCOc1ccc(C(=O)NN=Cc2ccccc2OCc2cccc(OC)c2)cc1. The van der Waals surface area contributed by atoms with Crippen LogP contribution in [0, 0.1) is 0 Å². The van der Waals surface area contributed by atoms with Crippen LogP contribution in [0.3, 0.4) is 0 Å². The van der Waals surface area contributed by atoms with Gasteiger partial charge in [0.15, 0.2) is 0 Å². The summed E-state index contributed by atoms with van der Waals surface area (Å²) in [5.41, 5.74) is 4.74. The number of nitrogens with one attached hydrogen (secondary N) is 1. The Kier molecular flexibility index (Phi) is 7.83. The van der Waals surface area contributed by atoms with Crippen molar-refractivity contribution in [1.29, 1.82) is 0 Å². The Morgan fingerprint density at radius 3 is 2.58 bits per heavy atom. The topological polar surface area (TPSA) is 69.2 Å². The molecule has 0 spiro atoms. The van der Waals surface area contributed by atoms with E-state index < -0.39 is 0 Å². The molecule has 0 heterocycles. The number of nitrogens with zero attached hydrogens (tertiary/aromatic N) is 1. The zero-order valence-corrected chi connectivity index (χ0v) is 17.3. The summed E-state index contributed by atoms with van der Waals surface area (Å²) in [7, 11) is 1.63. The van der Waals surface area contributed by atoms with Gasteiger partial charge in [0.1, 0.15) is 30.5 Å². The van der Waals surface area contributed by atoms with E-state index in [0.717, 1.165) is 16.9 Å². The summed E-state index contributed by atoms with van der Waals surface area (Å²) in [4.78, 5) is 12.3. The van der Waals surface area contributed by atoms with Gasteiger partial charge in [0.25, 0.3) is 5.91 Å². The summed E-state index contributed by atoms with van der Waals surface area (Å²) >= 11 is 0. The zero-order valence-electron chi connectivity index (χ0n) is 17.3. The predicted molar refractivity (Wildman–Crippen MR) is 121 cm³/mol. The summed E-state index contributed by atoms with van der Waals surface area (Å²) < 4.78 is 16.6. The van der Waals surface area contributed by atoms with Gasteiger partial charge < -0.3 is 14.2 Å². The van der Waals surface area contributed by atoms with Crippen LogP contribution in [-0.2, 0) is 6.61 Å². The van der Waals surface area contributed by atoms with E-state index in [2.05, 4.69) is 17.1 Å². The highest BCUT2D eigenvalue weighted by Gasteiger charge is 2.06. The fourth-order valence-electron chi connectivity index (χ4n) is 2.72. The summed E-state index contributed by atoms with van der Waals surface area (Å²) in [6.45, 7) is 4.40. The third-order valence-corrected chi connectivity index (χ3v) is 4.30. The fourth-order valence-corrected chi connectivity index (χ4v) is 2.72. The Labute approximate surface area is 181 Å². The lowest BCUT2D eigenvalue weighted by molar-refractivity contribution is 0.0955. The van der Waals surface area contributed by atoms with Crippen LogP contribution in [0.4, 0.5) is 0 Å². The average Bonchev–Trinajstić information content (AvgIpc) is 2.82. The van der Waals surface area contributed by atoms with Gasteiger partial charge >= 0.3 is 0 Å². The summed E-state index contributed by atoms with van der Waals surface area (Å²) in [5.74, 6) is 1.79. The number of hydrazone groups is 1. The fraction of sp³-hybridized carbons (Fsp3) is 0.120. The summed E-state index contributed by atoms with van der Waals surface area (Å²) in [6.07, 6.45) is 3.22. The normalized spacial score (nSPS) is 10.5. The summed E-state index contributed by atoms with van der Waals surface area (Å²) in [6, 6.07) is 22.0. The number of carbonyl (C=O) groups is 1. The number of rotatable bonds is 10. The average molecular weight is 416 g/mol. The molecule has 0 aliphatic heterocycles. The van der Waals surface area contributed by atoms with Gasteiger partial charge in [0, 0.05) is 11.1 Å². The first-order chi connectivity index (χ1) is 15.2. The third-order valence-electron chi connectivity index (χ3n) is 4.30. The second kappa shape index (κ2) is 11.2. The van der Waals surface area contributed by atoms with Crippen molar-refractivity contribution in [3.63, 3.8) is 0 Å². The molecule has 6 heteroatoms. The zero-order chi connectivity index (χ0) is 21.9. The van der Waals surface area contributed by atoms with Crippen LogP contribution in [0.2, 0.25) is 0 Å². The molecule has 0 unspecified atom stereocenters. The van der Waals surface area contributed by atoms with Crippen LogP contribution >= 0.6 is 0 Å². The maximum absolute atomic E-state index is 12.3. The van der Waals surface area contributed by atoms with E-state index >= 15 is 0 Å². The molecule has 3 aromatic carbocycles. The molecular weight excluding hydrogens is 392 g/mol. The molecule has 6 nitrogen and oxygen atoms in total. The van der Waals surface area contributed by atoms with Gasteiger partial charge in [-0.15, -0.1) is 0 Å². The molecule has 158 valence electrons. The molecule has 0 saturated heterocycles. The van der Waals surface area contributed by atoms with E-state index in [4.69, 9.17) is 14.2 Å². The van der Waals surface area contributed by atoms with Gasteiger partial charge in [-0.1, -0.05) is 36.9 Å². The van der Waals surface area contributed by atoms with Gasteiger partial charge in [-0.25, -0.2) is 5.43 Å². The van der Waals surface area contributed by atoms with Crippen molar-refractivity contribution in [3.05, 3.63) is 102 Å². The number of amides is 1. The van der Waals surface area contributed by atoms with Crippen molar-refractivity contribution in [2.45, 2.75) is 6.61 Å². The second-order valence-electron chi connectivity index (χ2n) is 6.50. The molecule has 31 heavy (non-hydrogen) atoms. The number of hydrogen-bond acceptors (Lipinski definition) is 5. The quantitative estimate of drug-likeness (QED) is 0.298. The van der Waals surface area contributed by atoms with Crippen molar-refractivity contribution < 1.29 is 19.0 Å². The number of ether oxygens (including phenoxy) is 3. The van der Waals surface area contributed by atoms with Crippen LogP contribution in [-0.4, -0.2) is 25.8 Å². The lowest BCUT2D eigenvalue weighted by Gasteiger charge is -2.10. The molecule has 3 rings (SSSR count). The molecule has 0 aliphatic carbocycles. The van der Waals surface area contributed by atoms with Crippen LogP contribution in [0.25, 0.3) is 0 Å². The number of hydrogen-bond donors (Lipinski definition) is 1. The van der Waals surface area contributed by atoms with Gasteiger partial charge in [-0.05, 0) is 54.1 Å². The predicted octanol–water partition coefficient (Wildman–Crippen LogP) is 4.60. The van der Waals surface area contributed by atoms with E-state index in [1.807, 2.05) is 48.5 Å². The smallest absolute Gasteiger partial charge is 0.271 e. The van der Waals surface area contributed by atoms with Crippen molar-refractivity contribution in [3.8, 4) is 17.2 Å². The van der Waals surface area contributed by atoms with E-state index in [-0.39, 0.29) is 5.91 Å². The molecule has 1 N–H and O–H groups in total. The van der Waals surface area contributed by atoms with Crippen LogP contribution in [0.15, 0.2) is 90.6 Å². The number of methoxy groups -OCH3 is 1. The van der Waals surface area contributed by atoms with E-state index in [0.29, 0.717) is 30.3 Å². The molecule has 3 aromatic rings. The Hall–Kier alpha value is -4.06. The molecule has 0 fully saturated rings. The highest BCUT2D eigenvalue weighted by atomic mass is 16.5. The maximum Gasteiger partial charge on any atom is 0.271 e. The Bertz CT molecular complexity index is 1050. The Morgan fingerprint density at radius 2 is 1.81 bits per heavy atom. The maximum atomic E-state index is 12.3. The number of carbonyl (C=O) groups excluding carboxylic acids is 1. The highest BCUT2D eigenvalue weighted by Crippen LogP contribution is 2.19. The van der Waals surface area contributed by atoms with E-state index in [1.54, 1.807) is 43.7 Å². The molecule has 0 saturated carbocycles. The van der Waals surface area contributed by atoms with E-state index in [9.17, 15) is 4.79 Å². The van der Waals surface area contributed by atoms with Crippen molar-refractivity contribution in [1.82, 2.24) is 5.43 Å². The monoisotopic (exact) mass is 416 g/mol. The minimum Gasteiger partial charge on any atom is -0.497 e. The first-order valence-corrected chi connectivity index (χ1v) is 9.71. The molecule has 0 aliphatic rings. The molecule has 0 atom stereocenters. The van der Waals surface area contributed by atoms with Crippen LogP contribution in [0.1, 0.15) is 21.5 Å². The first-order valence-electron chi connectivity index (χ1n) is 9.71. The lowest BCUT2D eigenvalue weighted by atomic mass is 10.2. The molecule has 0 radical (unpaired) electrons. The van der Waals surface area contributed by atoms with Gasteiger partial charge in [0.05, 0.1) is 13.3 Å². The number of para-hydroxylation sites is 1. The van der Waals surface area contributed by atoms with Crippen molar-refractivity contribution in [2.75, 3.05) is 13.7 Å². The molecule has 0 bridgehead atoms. The van der Waals surface area contributed by atoms with Gasteiger partial charge in [0.2, 0.25) is 0 Å². The number of benzene rings is 3. The third kappa shape index (κ3) is 6.47. The molecular formula is C25H24N2O4. The largest absolute Gasteiger partial charge is 0.497 e. The van der Waals surface area contributed by atoms with Crippen LogP contribution in [0.5, 0.6) is 17.2 Å². The van der Waals surface area contributed by atoms with Crippen molar-refractivity contribution >= 4 is 12.1 Å². The summed E-state index contributed by atoms with van der Waals surface area (Å²) in [5, 5.41) is 4.06. The van der Waals surface area contributed by atoms with Crippen molar-refractivity contribution in [2.24, 2.45) is 5.10 Å². The Balaban J connectivity index is 1.59. The standard InChI is InChI=1S/C25H24N2O4/c1-3-15-30-22-13-11-20(12-14-22)25(28)27-26-17-21-8-4-5-10-24(21)31-18-19-7-6-9-23(16-19)29-2/h3-14,16-17H,1,15,18H2,2H3,(H,27,28). The minimum atomic E-state index is -0.318. The Morgan fingerprint density at radius 1 is 1.00 bits per heavy atom. The van der Waals surface area contributed by atoms with Gasteiger partial charge in [-0.3, -0.25) is 4.79 Å². The van der Waals surface area contributed by atoms with E-state index in [1.165, 1.54) is 0 Å². The highest BCUT2D eigenvalue weighted by molar-refractivity contribution is 5.95. The molecule has 0 aromatic heterocycles. The lowest BCUT2D eigenvalue weighted by Crippen LogP contribution is -2.17. The minimum absolute atomic E-state index is 0.318. The van der Waals surface area contributed by atoms with Gasteiger partial charge in [-0.2, -0.15) is 5.10 Å². The van der Waals surface area contributed by atoms with Crippen LogP contribution < -0.4 is 19.6 Å².